The maximum Gasteiger partial charge on any atom is 0.422 e. The lowest BCUT2D eigenvalue weighted by molar-refractivity contribution is -0.296. The molecule has 0 amide bonds. The zero-order chi connectivity index (χ0) is 18.4. The SMILES string of the molecule is OC1O[C@H](COc2ccc3ccc(Cl)nc3c2)[C@](O)(C(F)(F)F)[C@H]1O. The Hall–Kier alpha value is -1.65. The lowest BCUT2D eigenvalue weighted by Gasteiger charge is -2.32. The maximum absolute atomic E-state index is 13.1. The number of aromatic nitrogens is 1. The van der Waals surface area contributed by atoms with Crippen LogP contribution in [0.25, 0.3) is 10.9 Å². The molecule has 3 rings (SSSR count). The van der Waals surface area contributed by atoms with Crippen molar-refractivity contribution in [1.82, 2.24) is 4.98 Å². The van der Waals surface area contributed by atoms with Crippen LogP contribution < -0.4 is 4.74 Å². The van der Waals surface area contributed by atoms with Gasteiger partial charge in [0.25, 0.3) is 0 Å². The molecular weight excluding hydrogens is 367 g/mol. The van der Waals surface area contributed by atoms with E-state index in [0.717, 1.165) is 5.39 Å². The smallest absolute Gasteiger partial charge is 0.422 e. The van der Waals surface area contributed by atoms with E-state index in [2.05, 4.69) is 9.72 Å². The normalized spacial score (nSPS) is 30.0. The van der Waals surface area contributed by atoms with E-state index in [1.54, 1.807) is 18.2 Å². The van der Waals surface area contributed by atoms with Crippen LogP contribution in [0.2, 0.25) is 5.15 Å². The van der Waals surface area contributed by atoms with Gasteiger partial charge in [-0.25, -0.2) is 4.98 Å². The molecule has 4 atom stereocenters. The monoisotopic (exact) mass is 379 g/mol. The molecule has 0 radical (unpaired) electrons. The van der Waals surface area contributed by atoms with Crippen LogP contribution in [0, 0.1) is 0 Å². The molecule has 3 N–H and O–H groups in total. The highest BCUT2D eigenvalue weighted by atomic mass is 35.5. The first-order chi connectivity index (χ1) is 11.6. The summed E-state index contributed by atoms with van der Waals surface area (Å²) in [4.78, 5) is 4.05. The molecule has 0 spiro atoms. The first-order valence-corrected chi connectivity index (χ1v) is 7.50. The van der Waals surface area contributed by atoms with E-state index in [4.69, 9.17) is 16.3 Å². The van der Waals surface area contributed by atoms with Crippen molar-refractivity contribution in [3.05, 3.63) is 35.5 Å². The number of aliphatic hydroxyl groups is 3. The number of halogens is 4. The van der Waals surface area contributed by atoms with Crippen molar-refractivity contribution in [1.29, 1.82) is 0 Å². The highest BCUT2D eigenvalue weighted by molar-refractivity contribution is 6.29. The van der Waals surface area contributed by atoms with Crippen molar-refractivity contribution in [3.8, 4) is 5.75 Å². The molecule has 1 aliphatic rings. The second-order valence-corrected chi connectivity index (χ2v) is 5.97. The van der Waals surface area contributed by atoms with E-state index in [9.17, 15) is 28.5 Å². The number of rotatable bonds is 3. The van der Waals surface area contributed by atoms with Gasteiger partial charge >= 0.3 is 6.18 Å². The zero-order valence-electron chi connectivity index (χ0n) is 12.4. The van der Waals surface area contributed by atoms with Crippen LogP contribution in [0.3, 0.4) is 0 Å². The third-order valence-electron chi connectivity index (χ3n) is 4.00. The minimum atomic E-state index is -5.23. The Kier molecular flexibility index (Phi) is 4.54. The van der Waals surface area contributed by atoms with E-state index in [1.165, 1.54) is 12.1 Å². The second-order valence-electron chi connectivity index (χ2n) is 5.58. The van der Waals surface area contributed by atoms with Crippen LogP contribution in [0.1, 0.15) is 0 Å². The fraction of sp³-hybridized carbons (Fsp3) is 0.400. The number of hydrogen-bond acceptors (Lipinski definition) is 6. The summed E-state index contributed by atoms with van der Waals surface area (Å²) in [5.74, 6) is 0.159. The van der Waals surface area contributed by atoms with Gasteiger partial charge in [0.15, 0.2) is 6.29 Å². The number of aliphatic hydroxyl groups excluding tert-OH is 2. The van der Waals surface area contributed by atoms with Crippen molar-refractivity contribution >= 4 is 22.5 Å². The van der Waals surface area contributed by atoms with Gasteiger partial charge in [0.2, 0.25) is 5.60 Å². The summed E-state index contributed by atoms with van der Waals surface area (Å²) in [5, 5.41) is 29.6. The fourth-order valence-corrected chi connectivity index (χ4v) is 2.76. The summed E-state index contributed by atoms with van der Waals surface area (Å²) in [6.45, 7) is -0.754. The lowest BCUT2D eigenvalue weighted by atomic mass is 9.92. The van der Waals surface area contributed by atoms with Gasteiger partial charge in [-0.3, -0.25) is 0 Å². The van der Waals surface area contributed by atoms with Crippen LogP contribution in [-0.4, -0.2) is 57.2 Å². The molecular formula is C15H13ClF3NO5. The van der Waals surface area contributed by atoms with Gasteiger partial charge < -0.3 is 24.8 Å². The average molecular weight is 380 g/mol. The lowest BCUT2D eigenvalue weighted by Crippen LogP contribution is -2.60. The molecule has 1 aromatic carbocycles. The third kappa shape index (κ3) is 3.13. The Balaban J connectivity index is 1.80. The highest BCUT2D eigenvalue weighted by Gasteiger charge is 2.70. The summed E-state index contributed by atoms with van der Waals surface area (Å²) in [6, 6.07) is 7.87. The predicted molar refractivity (Wildman–Crippen MR) is 80.1 cm³/mol. The van der Waals surface area contributed by atoms with Gasteiger partial charge in [0, 0.05) is 11.5 Å². The number of pyridine rings is 1. The van der Waals surface area contributed by atoms with Crippen LogP contribution in [-0.2, 0) is 4.74 Å². The minimum absolute atomic E-state index is 0.159. The van der Waals surface area contributed by atoms with Crippen LogP contribution in [0.5, 0.6) is 5.75 Å². The summed E-state index contributed by atoms with van der Waals surface area (Å²) in [7, 11) is 0. The van der Waals surface area contributed by atoms with Gasteiger partial charge in [0.1, 0.15) is 29.7 Å². The molecule has 25 heavy (non-hydrogen) atoms. The predicted octanol–water partition coefficient (Wildman–Crippen LogP) is 1.64. The van der Waals surface area contributed by atoms with Gasteiger partial charge in [-0.2, -0.15) is 13.2 Å². The molecule has 0 saturated carbocycles. The molecule has 6 nitrogen and oxygen atoms in total. The van der Waals surface area contributed by atoms with Gasteiger partial charge in [-0.1, -0.05) is 11.6 Å². The Labute approximate surface area is 144 Å². The number of benzene rings is 1. The van der Waals surface area contributed by atoms with Crippen LogP contribution in [0.15, 0.2) is 30.3 Å². The highest BCUT2D eigenvalue weighted by Crippen LogP contribution is 2.43. The van der Waals surface area contributed by atoms with Crippen molar-refractivity contribution in [2.45, 2.75) is 30.3 Å². The topological polar surface area (TPSA) is 92.0 Å². The van der Waals surface area contributed by atoms with E-state index >= 15 is 0 Å². The van der Waals surface area contributed by atoms with Crippen molar-refractivity contribution in [2.24, 2.45) is 0 Å². The Morgan fingerprint density at radius 1 is 1.24 bits per heavy atom. The summed E-state index contributed by atoms with van der Waals surface area (Å²) in [6.07, 6.45) is -12.0. The van der Waals surface area contributed by atoms with Gasteiger partial charge in [-0.15, -0.1) is 0 Å². The first kappa shape index (κ1) is 18.2. The molecule has 1 saturated heterocycles. The van der Waals surface area contributed by atoms with Gasteiger partial charge in [-0.05, 0) is 24.3 Å². The average Bonchev–Trinajstić information content (AvgIpc) is 2.77. The molecule has 10 heteroatoms. The van der Waals surface area contributed by atoms with Crippen molar-refractivity contribution < 1.29 is 38.0 Å². The van der Waals surface area contributed by atoms with E-state index in [-0.39, 0.29) is 10.9 Å². The minimum Gasteiger partial charge on any atom is -0.491 e. The van der Waals surface area contributed by atoms with Gasteiger partial charge in [0.05, 0.1) is 5.52 Å². The van der Waals surface area contributed by atoms with Crippen molar-refractivity contribution in [3.63, 3.8) is 0 Å². The molecule has 136 valence electrons. The third-order valence-corrected chi connectivity index (χ3v) is 4.21. The molecule has 1 aromatic heterocycles. The standard InChI is InChI=1S/C15H13ClF3NO5/c16-11-4-2-7-1-3-8(5-9(7)20-11)24-6-10-14(23,15(17,18)19)12(21)13(22)25-10/h1-5,10,12-13,21-23H,6H2/t10-,12+,13?,14-/m1/s1. The second kappa shape index (κ2) is 6.26. The molecule has 0 aliphatic carbocycles. The van der Waals surface area contributed by atoms with Crippen molar-refractivity contribution in [2.75, 3.05) is 6.61 Å². The fourth-order valence-electron chi connectivity index (χ4n) is 2.60. The summed E-state index contributed by atoms with van der Waals surface area (Å²) >= 11 is 5.79. The molecule has 2 aromatic rings. The van der Waals surface area contributed by atoms with E-state index in [1.807, 2.05) is 0 Å². The molecule has 1 aliphatic heterocycles. The van der Waals surface area contributed by atoms with Crippen LogP contribution >= 0.6 is 11.6 Å². The number of hydrogen-bond donors (Lipinski definition) is 3. The van der Waals surface area contributed by atoms with Crippen LogP contribution in [0.4, 0.5) is 13.2 Å². The molecule has 0 bridgehead atoms. The maximum atomic E-state index is 13.1. The largest absolute Gasteiger partial charge is 0.491 e. The Bertz CT molecular complexity index is 789. The number of alkyl halides is 3. The molecule has 2 heterocycles. The zero-order valence-corrected chi connectivity index (χ0v) is 13.2. The van der Waals surface area contributed by atoms with E-state index in [0.29, 0.717) is 5.52 Å². The summed E-state index contributed by atoms with van der Waals surface area (Å²) in [5.41, 5.74) is -3.19. The Morgan fingerprint density at radius 2 is 1.92 bits per heavy atom. The Morgan fingerprint density at radius 3 is 2.60 bits per heavy atom. The number of nitrogens with zero attached hydrogens (tertiary/aromatic N) is 1. The quantitative estimate of drug-likeness (QED) is 0.702. The molecule has 1 fully saturated rings. The molecule has 1 unspecified atom stereocenters. The summed E-state index contributed by atoms with van der Waals surface area (Å²) < 4.78 is 49.2. The van der Waals surface area contributed by atoms with E-state index < -0.39 is 36.9 Å². The first-order valence-electron chi connectivity index (χ1n) is 7.13. The number of ether oxygens (including phenoxy) is 2. The number of fused-ring (bicyclic) bond motifs is 1.